The Labute approximate surface area is 216 Å². The van der Waals surface area contributed by atoms with Crippen molar-refractivity contribution in [1.82, 2.24) is 19.1 Å². The first kappa shape index (κ1) is 25.9. The van der Waals surface area contributed by atoms with Crippen LogP contribution in [0, 0.1) is 0 Å². The maximum atomic E-state index is 13.4. The number of imidazole rings is 1. The number of aliphatic hydroxyl groups is 1. The van der Waals surface area contributed by atoms with Gasteiger partial charge in [0.15, 0.2) is 23.2 Å². The number of nitrogen functional groups attached to an aromatic ring is 1. The van der Waals surface area contributed by atoms with E-state index in [0.29, 0.717) is 0 Å². The maximum absolute atomic E-state index is 13.4. The Bertz CT molecular complexity index is 1460. The Morgan fingerprint density at radius 3 is 2.74 bits per heavy atom. The lowest BCUT2D eigenvalue weighted by Crippen LogP contribution is -2.36. The zero-order chi connectivity index (χ0) is 27.0. The van der Waals surface area contributed by atoms with Gasteiger partial charge >= 0.3 is 11.7 Å². The summed E-state index contributed by atoms with van der Waals surface area (Å²) >= 11 is 0. The Kier molecular flexibility index (Phi) is 6.92. The summed E-state index contributed by atoms with van der Waals surface area (Å²) in [5.74, 6) is -1.82. The van der Waals surface area contributed by atoms with E-state index < -0.39 is 54.2 Å². The van der Waals surface area contributed by atoms with Crippen molar-refractivity contribution in [3.63, 3.8) is 0 Å². The fourth-order valence-corrected chi connectivity index (χ4v) is 4.92. The molecule has 38 heavy (non-hydrogen) atoms. The van der Waals surface area contributed by atoms with Crippen LogP contribution in [0.5, 0.6) is 0 Å². The van der Waals surface area contributed by atoms with E-state index in [1.54, 1.807) is 6.92 Å². The van der Waals surface area contributed by atoms with Crippen molar-refractivity contribution in [3.05, 3.63) is 69.4 Å². The zero-order valence-corrected chi connectivity index (χ0v) is 20.7. The van der Waals surface area contributed by atoms with Crippen molar-refractivity contribution in [2.75, 3.05) is 12.3 Å². The number of aromatic amines is 1. The number of ether oxygens (including phenoxy) is 4. The number of H-pyrrole nitrogens is 1. The lowest BCUT2D eigenvalue weighted by molar-refractivity contribution is -0.214. The van der Waals surface area contributed by atoms with Gasteiger partial charge in [-0.2, -0.15) is 4.98 Å². The van der Waals surface area contributed by atoms with Crippen molar-refractivity contribution in [2.24, 2.45) is 0 Å². The molecule has 202 valence electrons. The molecular weight excluding hydrogens is 498 g/mol. The van der Waals surface area contributed by atoms with Crippen LogP contribution in [-0.4, -0.2) is 60.9 Å². The second-order valence-electron chi connectivity index (χ2n) is 9.37. The highest BCUT2D eigenvalue weighted by atomic mass is 16.8. The number of hydrogen-bond acceptors (Lipinski definition) is 10. The number of anilines is 1. The largest absolute Gasteiger partial charge is 0.461 e. The molecule has 4 N–H and O–H groups in total. The minimum absolute atomic E-state index is 0.000429. The Morgan fingerprint density at radius 1 is 1.29 bits per heavy atom. The number of hydrogen-bond donors (Lipinski definition) is 3. The van der Waals surface area contributed by atoms with E-state index in [2.05, 4.69) is 16.5 Å². The van der Waals surface area contributed by atoms with E-state index in [9.17, 15) is 19.5 Å². The number of benzene rings is 1. The molecule has 2 saturated heterocycles. The number of aromatic nitrogens is 4. The molecule has 0 amide bonds. The SMILES string of the molecule is C=CCn1c(=O)n([C@@H]2O[C@H](CO)[C@H]3OC(C)(CCC(=O)OCc4ccccc4)O[C@H]32)c2nc(N)[nH]c(=O)c21. The van der Waals surface area contributed by atoms with Gasteiger partial charge in [0.05, 0.1) is 13.0 Å². The van der Waals surface area contributed by atoms with Crippen molar-refractivity contribution >= 4 is 23.1 Å². The molecule has 0 spiro atoms. The van der Waals surface area contributed by atoms with Crippen molar-refractivity contribution in [1.29, 1.82) is 0 Å². The summed E-state index contributed by atoms with van der Waals surface area (Å²) in [6.07, 6.45) is -1.86. The average molecular weight is 528 g/mol. The molecule has 1 aromatic carbocycles. The monoisotopic (exact) mass is 527 g/mol. The number of nitrogens with one attached hydrogen (secondary N) is 1. The van der Waals surface area contributed by atoms with Crippen LogP contribution in [0.4, 0.5) is 5.95 Å². The van der Waals surface area contributed by atoms with Gasteiger partial charge < -0.3 is 29.8 Å². The van der Waals surface area contributed by atoms with Gasteiger partial charge in [-0.3, -0.25) is 19.1 Å². The van der Waals surface area contributed by atoms with E-state index in [4.69, 9.17) is 24.7 Å². The summed E-state index contributed by atoms with van der Waals surface area (Å²) in [4.78, 5) is 45.0. The first-order valence-electron chi connectivity index (χ1n) is 12.2. The van der Waals surface area contributed by atoms with Gasteiger partial charge in [-0.25, -0.2) is 9.36 Å². The molecule has 3 aromatic rings. The summed E-state index contributed by atoms with van der Waals surface area (Å²) < 4.78 is 26.1. The molecule has 2 aromatic heterocycles. The zero-order valence-electron chi connectivity index (χ0n) is 20.7. The van der Waals surface area contributed by atoms with Crippen LogP contribution >= 0.6 is 0 Å². The molecule has 0 saturated carbocycles. The predicted octanol–water partition coefficient (Wildman–Crippen LogP) is 0.568. The summed E-state index contributed by atoms with van der Waals surface area (Å²) in [6, 6.07) is 9.32. The van der Waals surface area contributed by atoms with Gasteiger partial charge in [0.25, 0.3) is 5.56 Å². The van der Waals surface area contributed by atoms with Crippen molar-refractivity contribution in [3.8, 4) is 0 Å². The van der Waals surface area contributed by atoms with Crippen LogP contribution in [-0.2, 0) is 36.9 Å². The number of esters is 1. The van der Waals surface area contributed by atoms with Gasteiger partial charge in [0, 0.05) is 13.0 Å². The summed E-state index contributed by atoms with van der Waals surface area (Å²) in [5, 5.41) is 9.97. The second kappa shape index (κ2) is 10.2. The molecule has 13 heteroatoms. The second-order valence-corrected chi connectivity index (χ2v) is 9.37. The van der Waals surface area contributed by atoms with Gasteiger partial charge in [-0.1, -0.05) is 36.4 Å². The number of carbonyl (C=O) groups is 1. The summed E-state index contributed by atoms with van der Waals surface area (Å²) in [6.45, 7) is 5.10. The Morgan fingerprint density at radius 2 is 2.03 bits per heavy atom. The predicted molar refractivity (Wildman–Crippen MR) is 134 cm³/mol. The highest BCUT2D eigenvalue weighted by Crippen LogP contribution is 2.45. The van der Waals surface area contributed by atoms with Crippen molar-refractivity contribution in [2.45, 2.75) is 63.2 Å². The topological polar surface area (TPSA) is 173 Å². The number of rotatable bonds is 9. The Hall–Kier alpha value is -3.78. The minimum atomic E-state index is -1.22. The van der Waals surface area contributed by atoms with Crippen LogP contribution in [0.2, 0.25) is 0 Å². The fourth-order valence-electron chi connectivity index (χ4n) is 4.92. The number of nitrogens with two attached hydrogens (primary N) is 1. The van der Waals surface area contributed by atoms with Crippen LogP contribution in [0.3, 0.4) is 0 Å². The molecule has 13 nitrogen and oxygen atoms in total. The highest BCUT2D eigenvalue weighted by Gasteiger charge is 2.57. The molecule has 5 atom stereocenters. The third kappa shape index (κ3) is 4.65. The smallest absolute Gasteiger partial charge is 0.333 e. The molecule has 2 aliphatic rings. The molecule has 1 unspecified atom stereocenters. The molecule has 0 aliphatic carbocycles. The average Bonchev–Trinajstić information content (AvgIpc) is 3.49. The summed E-state index contributed by atoms with van der Waals surface area (Å²) in [7, 11) is 0. The number of carbonyl (C=O) groups excluding carboxylic acids is 1. The number of fused-ring (bicyclic) bond motifs is 2. The first-order chi connectivity index (χ1) is 18.2. The van der Waals surface area contributed by atoms with Gasteiger partial charge in [-0.05, 0) is 12.5 Å². The van der Waals surface area contributed by atoms with Gasteiger partial charge in [0.2, 0.25) is 5.95 Å². The third-order valence-corrected chi connectivity index (χ3v) is 6.66. The molecule has 4 heterocycles. The summed E-state index contributed by atoms with van der Waals surface area (Å²) in [5.41, 5.74) is 5.45. The van der Waals surface area contributed by atoms with Crippen molar-refractivity contribution < 1.29 is 28.8 Å². The van der Waals surface area contributed by atoms with Gasteiger partial charge in [-0.15, -0.1) is 6.58 Å². The fraction of sp³-hybridized carbons (Fsp3) is 0.440. The molecule has 0 bridgehead atoms. The van der Waals surface area contributed by atoms with E-state index >= 15 is 0 Å². The lowest BCUT2D eigenvalue weighted by atomic mass is 10.1. The molecule has 0 radical (unpaired) electrons. The number of aliphatic hydroxyl groups excluding tert-OH is 1. The van der Waals surface area contributed by atoms with Crippen LogP contribution < -0.4 is 17.0 Å². The number of allylic oxidation sites excluding steroid dienone is 1. The first-order valence-corrected chi connectivity index (χ1v) is 12.2. The normalized spacial score (nSPS) is 26.5. The third-order valence-electron chi connectivity index (χ3n) is 6.66. The maximum Gasteiger partial charge on any atom is 0.333 e. The molecule has 2 aliphatic heterocycles. The molecular formula is C25H29N5O8. The van der Waals surface area contributed by atoms with E-state index in [0.717, 1.165) is 5.56 Å². The lowest BCUT2D eigenvalue weighted by Gasteiger charge is -2.27. The standard InChI is InChI=1S/C25H29N5O8/c1-3-11-29-17-20(27-23(26)28-21(17)33)30(24(29)34)22-19-18(15(12-31)36-22)37-25(2,38-19)10-9-16(32)35-13-14-7-5-4-6-8-14/h3-8,15,18-19,22,31H,1,9-13H2,2H3,(H3,26,27,28,33)/t15-,18-,19-,22-,25?/m1/s1. The number of nitrogens with zero attached hydrogens (tertiary/aromatic N) is 3. The van der Waals surface area contributed by atoms with Crippen LogP contribution in [0.25, 0.3) is 11.2 Å². The van der Waals surface area contributed by atoms with Crippen LogP contribution in [0.1, 0.15) is 31.6 Å². The van der Waals surface area contributed by atoms with E-state index in [1.807, 2.05) is 30.3 Å². The molecule has 2 fully saturated rings. The quantitative estimate of drug-likeness (QED) is 0.264. The van der Waals surface area contributed by atoms with Crippen LogP contribution in [0.15, 0.2) is 52.6 Å². The molecule has 5 rings (SSSR count). The minimum Gasteiger partial charge on any atom is -0.461 e. The van der Waals surface area contributed by atoms with E-state index in [-0.39, 0.29) is 43.1 Å². The van der Waals surface area contributed by atoms with E-state index in [1.165, 1.54) is 15.2 Å². The Balaban J connectivity index is 1.38. The van der Waals surface area contributed by atoms with Gasteiger partial charge in [0.1, 0.15) is 24.9 Å². The highest BCUT2D eigenvalue weighted by molar-refractivity contribution is 5.72.